The number of amides is 2. The molecule has 0 atom stereocenters. The summed E-state index contributed by atoms with van der Waals surface area (Å²) in [6.45, 7) is 0.250. The number of carbonyl (C=O) groups is 1. The number of nitrogens with zero attached hydrogens (tertiary/aromatic N) is 2. The summed E-state index contributed by atoms with van der Waals surface area (Å²) in [4.78, 5) is 13.9. The van der Waals surface area contributed by atoms with Gasteiger partial charge in [-0.25, -0.2) is 4.79 Å². The summed E-state index contributed by atoms with van der Waals surface area (Å²) < 4.78 is 0. The first kappa shape index (κ1) is 16.2. The van der Waals surface area contributed by atoms with E-state index in [4.69, 9.17) is 28.5 Å². The summed E-state index contributed by atoms with van der Waals surface area (Å²) in [6.07, 6.45) is 0.208. The Morgan fingerprint density at radius 2 is 1.82 bits per heavy atom. The second kappa shape index (κ2) is 7.69. The van der Waals surface area contributed by atoms with Gasteiger partial charge in [0.2, 0.25) is 0 Å². The highest BCUT2D eigenvalue weighted by atomic mass is 35.5. The third-order valence-electron chi connectivity index (χ3n) is 2.93. The minimum atomic E-state index is -0.356. The summed E-state index contributed by atoms with van der Waals surface area (Å²) in [6, 6.07) is 15.5. The van der Waals surface area contributed by atoms with Crippen LogP contribution >= 0.6 is 23.2 Å². The topological polar surface area (TPSA) is 56.1 Å². The lowest BCUT2D eigenvalue weighted by Gasteiger charge is -2.23. The average Bonchev–Trinajstić information content (AvgIpc) is 2.51. The zero-order valence-electron chi connectivity index (χ0n) is 11.6. The molecular formula is C16H13Cl2N3O. The number of nitrogens with one attached hydrogen (secondary N) is 1. The van der Waals surface area contributed by atoms with Crippen molar-refractivity contribution in [2.75, 3.05) is 16.8 Å². The van der Waals surface area contributed by atoms with Crippen molar-refractivity contribution in [2.24, 2.45) is 0 Å². The molecule has 22 heavy (non-hydrogen) atoms. The molecule has 2 rings (SSSR count). The molecule has 0 bridgehead atoms. The molecule has 0 radical (unpaired) electrons. The summed E-state index contributed by atoms with van der Waals surface area (Å²) in [7, 11) is 0. The maximum atomic E-state index is 12.5. The number of nitriles is 1. The van der Waals surface area contributed by atoms with Crippen molar-refractivity contribution < 1.29 is 4.79 Å². The lowest BCUT2D eigenvalue weighted by molar-refractivity contribution is 0.257. The number of benzene rings is 2. The minimum Gasteiger partial charge on any atom is -0.308 e. The highest BCUT2D eigenvalue weighted by molar-refractivity contribution is 6.34. The minimum absolute atomic E-state index is 0.208. The highest BCUT2D eigenvalue weighted by Gasteiger charge is 2.17. The van der Waals surface area contributed by atoms with Crippen LogP contribution in [0.2, 0.25) is 10.0 Å². The number of para-hydroxylation sites is 1. The van der Waals surface area contributed by atoms with Gasteiger partial charge in [0.1, 0.15) is 0 Å². The molecule has 0 unspecified atom stereocenters. The van der Waals surface area contributed by atoms with Gasteiger partial charge in [0.25, 0.3) is 0 Å². The summed E-state index contributed by atoms with van der Waals surface area (Å²) in [5.74, 6) is 0. The standard InChI is InChI=1S/C16H13Cl2N3O/c17-12-6-8-13(9-7-12)20-16(22)21(11-3-10-19)15-5-2-1-4-14(15)18/h1-2,4-9H,3,11H2,(H,20,22). The third kappa shape index (κ3) is 4.14. The molecule has 0 saturated heterocycles. The van der Waals surface area contributed by atoms with Crippen molar-refractivity contribution in [1.29, 1.82) is 5.26 Å². The molecule has 0 saturated carbocycles. The number of urea groups is 1. The Kier molecular flexibility index (Phi) is 5.65. The number of anilines is 2. The summed E-state index contributed by atoms with van der Waals surface area (Å²) in [5.41, 5.74) is 1.18. The summed E-state index contributed by atoms with van der Waals surface area (Å²) >= 11 is 12.0. The van der Waals surface area contributed by atoms with E-state index >= 15 is 0 Å². The van der Waals surface area contributed by atoms with Crippen molar-refractivity contribution in [3.05, 3.63) is 58.6 Å². The number of carbonyl (C=O) groups excluding carboxylic acids is 1. The average molecular weight is 334 g/mol. The molecule has 1 N–H and O–H groups in total. The van der Waals surface area contributed by atoms with Crippen molar-refractivity contribution in [3.8, 4) is 6.07 Å². The highest BCUT2D eigenvalue weighted by Crippen LogP contribution is 2.26. The van der Waals surface area contributed by atoms with E-state index in [2.05, 4.69) is 5.32 Å². The molecule has 2 aromatic carbocycles. The monoisotopic (exact) mass is 333 g/mol. The first-order valence-corrected chi connectivity index (χ1v) is 7.33. The van der Waals surface area contributed by atoms with Crippen LogP contribution in [0, 0.1) is 11.3 Å². The molecular weight excluding hydrogens is 321 g/mol. The number of hydrogen-bond donors (Lipinski definition) is 1. The quantitative estimate of drug-likeness (QED) is 0.860. The second-order valence-electron chi connectivity index (χ2n) is 4.45. The maximum Gasteiger partial charge on any atom is 0.326 e. The number of hydrogen-bond acceptors (Lipinski definition) is 2. The van der Waals surface area contributed by atoms with E-state index in [-0.39, 0.29) is 19.0 Å². The van der Waals surface area contributed by atoms with E-state index in [1.165, 1.54) is 4.90 Å². The van der Waals surface area contributed by atoms with E-state index in [0.29, 0.717) is 21.4 Å². The van der Waals surface area contributed by atoms with Crippen LogP contribution in [-0.2, 0) is 0 Å². The van der Waals surface area contributed by atoms with Crippen molar-refractivity contribution in [3.63, 3.8) is 0 Å². The molecule has 0 aliphatic rings. The predicted octanol–water partition coefficient (Wildman–Crippen LogP) is 4.95. The fourth-order valence-corrected chi connectivity index (χ4v) is 2.25. The predicted molar refractivity (Wildman–Crippen MR) is 89.5 cm³/mol. The van der Waals surface area contributed by atoms with Gasteiger partial charge in [-0.05, 0) is 36.4 Å². The van der Waals surface area contributed by atoms with Crippen molar-refractivity contribution >= 4 is 40.6 Å². The van der Waals surface area contributed by atoms with E-state index in [1.807, 2.05) is 6.07 Å². The maximum absolute atomic E-state index is 12.5. The van der Waals surface area contributed by atoms with Gasteiger partial charge in [-0.3, -0.25) is 4.90 Å². The Bertz CT molecular complexity index is 695. The summed E-state index contributed by atoms with van der Waals surface area (Å²) in [5, 5.41) is 12.6. The molecule has 0 heterocycles. The van der Waals surface area contributed by atoms with E-state index in [1.54, 1.807) is 48.5 Å². The fourth-order valence-electron chi connectivity index (χ4n) is 1.89. The van der Waals surface area contributed by atoms with Gasteiger partial charge >= 0.3 is 6.03 Å². The molecule has 2 amide bonds. The van der Waals surface area contributed by atoms with Crippen LogP contribution in [0.4, 0.5) is 16.2 Å². The van der Waals surface area contributed by atoms with Crippen LogP contribution in [0.25, 0.3) is 0 Å². The van der Waals surface area contributed by atoms with Crippen LogP contribution < -0.4 is 10.2 Å². The molecule has 0 fully saturated rings. The van der Waals surface area contributed by atoms with E-state index in [9.17, 15) is 4.79 Å². The second-order valence-corrected chi connectivity index (χ2v) is 5.29. The third-order valence-corrected chi connectivity index (χ3v) is 3.50. The molecule has 0 aliphatic carbocycles. The molecule has 0 aromatic heterocycles. The molecule has 4 nitrogen and oxygen atoms in total. The smallest absolute Gasteiger partial charge is 0.308 e. The van der Waals surface area contributed by atoms with Crippen molar-refractivity contribution in [2.45, 2.75) is 6.42 Å². The zero-order valence-corrected chi connectivity index (χ0v) is 13.1. The normalized spacial score (nSPS) is 9.86. The first-order chi connectivity index (χ1) is 10.6. The SMILES string of the molecule is N#CCCN(C(=O)Nc1ccc(Cl)cc1)c1ccccc1Cl. The van der Waals surface area contributed by atoms with E-state index in [0.717, 1.165) is 0 Å². The van der Waals surface area contributed by atoms with Gasteiger partial charge in [-0.15, -0.1) is 0 Å². The first-order valence-electron chi connectivity index (χ1n) is 6.57. The van der Waals surface area contributed by atoms with E-state index < -0.39 is 0 Å². The number of halogens is 2. The molecule has 0 spiro atoms. The Hall–Kier alpha value is -2.22. The van der Waals surface area contributed by atoms with Gasteiger partial charge in [0.05, 0.1) is 23.2 Å². The van der Waals surface area contributed by atoms with Gasteiger partial charge < -0.3 is 5.32 Å². The Labute approximate surface area is 138 Å². The van der Waals surface area contributed by atoms with Crippen molar-refractivity contribution in [1.82, 2.24) is 0 Å². The Balaban J connectivity index is 2.21. The molecule has 6 heteroatoms. The van der Waals surface area contributed by atoms with Gasteiger partial charge in [0, 0.05) is 17.3 Å². The van der Waals surface area contributed by atoms with Crippen LogP contribution in [0.15, 0.2) is 48.5 Å². The van der Waals surface area contributed by atoms with Gasteiger partial charge in [-0.2, -0.15) is 5.26 Å². The molecule has 2 aromatic rings. The Morgan fingerprint density at radius 3 is 2.45 bits per heavy atom. The fraction of sp³-hybridized carbons (Fsp3) is 0.125. The molecule has 112 valence electrons. The lowest BCUT2D eigenvalue weighted by atomic mass is 10.2. The van der Waals surface area contributed by atoms with Gasteiger partial charge in [-0.1, -0.05) is 35.3 Å². The Morgan fingerprint density at radius 1 is 1.14 bits per heavy atom. The van der Waals surface area contributed by atoms with Crippen LogP contribution in [0.1, 0.15) is 6.42 Å². The van der Waals surface area contributed by atoms with Crippen LogP contribution in [0.5, 0.6) is 0 Å². The zero-order chi connectivity index (χ0) is 15.9. The number of rotatable bonds is 4. The largest absolute Gasteiger partial charge is 0.326 e. The molecule has 0 aliphatic heterocycles. The van der Waals surface area contributed by atoms with Crippen LogP contribution in [0.3, 0.4) is 0 Å². The van der Waals surface area contributed by atoms with Gasteiger partial charge in [0.15, 0.2) is 0 Å². The lowest BCUT2D eigenvalue weighted by Crippen LogP contribution is -2.35. The van der Waals surface area contributed by atoms with Crippen LogP contribution in [-0.4, -0.2) is 12.6 Å².